The average molecular weight is 423 g/mol. The molecule has 0 aliphatic carbocycles. The van der Waals surface area contributed by atoms with Crippen molar-refractivity contribution in [3.05, 3.63) is 94.5 Å². The molecule has 0 aromatic heterocycles. The fourth-order valence-corrected chi connectivity index (χ4v) is 2.97. The van der Waals surface area contributed by atoms with Gasteiger partial charge in [-0.3, -0.25) is 4.79 Å². The molecule has 0 fully saturated rings. The Hall–Kier alpha value is -3.57. The van der Waals surface area contributed by atoms with Crippen LogP contribution in [0.3, 0.4) is 0 Å². The Morgan fingerprint density at radius 1 is 0.833 bits per heavy atom. The molecule has 0 radical (unpaired) electrons. The molecule has 0 heterocycles. The van der Waals surface area contributed by atoms with E-state index in [0.29, 0.717) is 27.8 Å². The molecule has 3 aromatic carbocycles. The molecule has 3 rings (SSSR count). The molecule has 5 nitrogen and oxygen atoms in total. The van der Waals surface area contributed by atoms with Gasteiger partial charge in [0.25, 0.3) is 0 Å². The van der Waals surface area contributed by atoms with Crippen LogP contribution in [-0.4, -0.2) is 26.0 Å². The van der Waals surface area contributed by atoms with E-state index in [1.165, 1.54) is 20.3 Å². The molecule has 0 atom stereocenters. The first-order valence-electron chi connectivity index (χ1n) is 9.03. The van der Waals surface area contributed by atoms with E-state index in [1.807, 2.05) is 18.2 Å². The molecule has 0 spiro atoms. The van der Waals surface area contributed by atoms with Crippen molar-refractivity contribution in [1.29, 1.82) is 0 Å². The zero-order valence-electron chi connectivity index (χ0n) is 16.4. The van der Waals surface area contributed by atoms with E-state index < -0.39 is 5.97 Å². The number of carbonyl (C=O) groups excluding carboxylic acids is 2. The zero-order chi connectivity index (χ0) is 21.5. The number of hydrogen-bond donors (Lipinski definition) is 0. The van der Waals surface area contributed by atoms with Gasteiger partial charge in [-0.05, 0) is 60.2 Å². The molecule has 0 amide bonds. The number of methoxy groups -OCH3 is 2. The van der Waals surface area contributed by atoms with E-state index in [9.17, 15) is 9.59 Å². The third-order valence-corrected chi connectivity index (χ3v) is 4.65. The molecule has 0 saturated heterocycles. The summed E-state index contributed by atoms with van der Waals surface area (Å²) in [4.78, 5) is 25.0. The fraction of sp³-hybridized carbons (Fsp3) is 0.0833. The van der Waals surface area contributed by atoms with Crippen LogP contribution < -0.4 is 14.2 Å². The molecular formula is C24H19ClO5. The van der Waals surface area contributed by atoms with Crippen LogP contribution in [0.25, 0.3) is 6.08 Å². The summed E-state index contributed by atoms with van der Waals surface area (Å²) in [5, 5.41) is 0.565. The van der Waals surface area contributed by atoms with Crippen LogP contribution in [-0.2, 0) is 0 Å². The maximum atomic E-state index is 12.6. The predicted molar refractivity (Wildman–Crippen MR) is 116 cm³/mol. The van der Waals surface area contributed by atoms with Gasteiger partial charge < -0.3 is 14.2 Å². The minimum absolute atomic E-state index is 0.185. The van der Waals surface area contributed by atoms with Gasteiger partial charge in [0.1, 0.15) is 22.8 Å². The second kappa shape index (κ2) is 9.76. The molecular weight excluding hydrogens is 404 g/mol. The van der Waals surface area contributed by atoms with Crippen molar-refractivity contribution < 1.29 is 23.8 Å². The van der Waals surface area contributed by atoms with Crippen molar-refractivity contribution in [3.8, 4) is 17.2 Å². The molecule has 0 saturated carbocycles. The van der Waals surface area contributed by atoms with Crippen LogP contribution in [0.4, 0.5) is 0 Å². The lowest BCUT2D eigenvalue weighted by Crippen LogP contribution is -2.12. The Balaban J connectivity index is 1.73. The highest BCUT2D eigenvalue weighted by molar-refractivity contribution is 6.32. The number of halogens is 1. The van der Waals surface area contributed by atoms with Crippen LogP contribution >= 0.6 is 11.6 Å². The highest BCUT2D eigenvalue weighted by Gasteiger charge is 2.20. The minimum atomic E-state index is -0.623. The van der Waals surface area contributed by atoms with E-state index in [4.69, 9.17) is 25.8 Å². The summed E-state index contributed by atoms with van der Waals surface area (Å²) in [6, 6.07) is 18.5. The topological polar surface area (TPSA) is 61.8 Å². The fourth-order valence-electron chi connectivity index (χ4n) is 2.77. The quantitative estimate of drug-likeness (QED) is 0.218. The first kappa shape index (κ1) is 21.1. The van der Waals surface area contributed by atoms with E-state index >= 15 is 0 Å². The molecule has 3 aromatic rings. The SMILES string of the molecule is COc1cccc(OC)c1C(=O)Oc1ccc(C(=O)C=Cc2ccccc2Cl)cc1. The number of esters is 1. The third-order valence-electron chi connectivity index (χ3n) is 4.30. The largest absolute Gasteiger partial charge is 0.496 e. The summed E-state index contributed by atoms with van der Waals surface area (Å²) < 4.78 is 15.9. The zero-order valence-corrected chi connectivity index (χ0v) is 17.2. The normalized spacial score (nSPS) is 10.6. The monoisotopic (exact) mass is 422 g/mol. The smallest absolute Gasteiger partial charge is 0.351 e. The van der Waals surface area contributed by atoms with Gasteiger partial charge in [-0.15, -0.1) is 0 Å². The highest BCUT2D eigenvalue weighted by Crippen LogP contribution is 2.29. The standard InChI is InChI=1S/C24H19ClO5/c1-28-21-8-5-9-22(29-2)23(21)24(27)30-18-13-10-17(11-14-18)20(26)15-12-16-6-3-4-7-19(16)25/h3-15H,1-2H3. The maximum Gasteiger partial charge on any atom is 0.351 e. The van der Waals surface area contributed by atoms with Crippen molar-refractivity contribution in [2.75, 3.05) is 14.2 Å². The highest BCUT2D eigenvalue weighted by atomic mass is 35.5. The number of ketones is 1. The van der Waals surface area contributed by atoms with Crippen LogP contribution in [0.15, 0.2) is 72.8 Å². The van der Waals surface area contributed by atoms with E-state index in [-0.39, 0.29) is 11.3 Å². The number of hydrogen-bond acceptors (Lipinski definition) is 5. The number of carbonyl (C=O) groups is 2. The molecule has 0 bridgehead atoms. The van der Waals surface area contributed by atoms with Crippen molar-refractivity contribution in [2.24, 2.45) is 0 Å². The molecule has 30 heavy (non-hydrogen) atoms. The molecule has 0 aliphatic heterocycles. The Kier molecular flexibility index (Phi) is 6.88. The van der Waals surface area contributed by atoms with Crippen LogP contribution in [0.2, 0.25) is 5.02 Å². The van der Waals surface area contributed by atoms with Crippen LogP contribution in [0.5, 0.6) is 17.2 Å². The lowest BCUT2D eigenvalue weighted by molar-refractivity contribution is 0.0727. The second-order valence-corrected chi connectivity index (χ2v) is 6.58. The lowest BCUT2D eigenvalue weighted by Gasteiger charge is -2.12. The summed E-state index contributed by atoms with van der Waals surface area (Å²) >= 11 is 6.09. The van der Waals surface area contributed by atoms with E-state index in [0.717, 1.165) is 5.56 Å². The Labute approximate surface area is 179 Å². The van der Waals surface area contributed by atoms with Crippen LogP contribution in [0, 0.1) is 0 Å². The number of ether oxygens (including phenoxy) is 3. The van der Waals surface area contributed by atoms with Crippen molar-refractivity contribution >= 4 is 29.4 Å². The Morgan fingerprint density at radius 2 is 1.47 bits per heavy atom. The van der Waals surface area contributed by atoms with Crippen molar-refractivity contribution in [1.82, 2.24) is 0 Å². The summed E-state index contributed by atoms with van der Waals surface area (Å²) in [5.74, 6) is 0.160. The van der Waals surface area contributed by atoms with Gasteiger partial charge in [-0.25, -0.2) is 4.79 Å². The number of benzene rings is 3. The van der Waals surface area contributed by atoms with Gasteiger partial charge in [-0.1, -0.05) is 35.9 Å². The number of rotatable bonds is 7. The Morgan fingerprint density at radius 3 is 2.07 bits per heavy atom. The third kappa shape index (κ3) is 4.88. The van der Waals surface area contributed by atoms with Gasteiger partial charge in [-0.2, -0.15) is 0 Å². The van der Waals surface area contributed by atoms with Crippen molar-refractivity contribution in [2.45, 2.75) is 0 Å². The van der Waals surface area contributed by atoms with E-state index in [1.54, 1.807) is 54.6 Å². The molecule has 0 aliphatic rings. The summed E-state index contributed by atoms with van der Waals surface area (Å²) in [6.45, 7) is 0. The van der Waals surface area contributed by atoms with Gasteiger partial charge in [0, 0.05) is 10.6 Å². The van der Waals surface area contributed by atoms with E-state index in [2.05, 4.69) is 0 Å². The predicted octanol–water partition coefficient (Wildman–Crippen LogP) is 5.47. The minimum Gasteiger partial charge on any atom is -0.496 e. The maximum absolute atomic E-state index is 12.6. The van der Waals surface area contributed by atoms with Gasteiger partial charge >= 0.3 is 5.97 Å². The summed E-state index contributed by atoms with van der Waals surface area (Å²) in [7, 11) is 2.92. The lowest BCUT2D eigenvalue weighted by atomic mass is 10.1. The molecule has 152 valence electrons. The summed E-state index contributed by atoms with van der Waals surface area (Å²) in [5.41, 5.74) is 1.39. The average Bonchev–Trinajstić information content (AvgIpc) is 2.78. The van der Waals surface area contributed by atoms with Crippen LogP contribution in [0.1, 0.15) is 26.3 Å². The van der Waals surface area contributed by atoms with Gasteiger partial charge in [0.2, 0.25) is 0 Å². The number of allylic oxidation sites excluding steroid dienone is 1. The first-order valence-corrected chi connectivity index (χ1v) is 9.41. The summed E-state index contributed by atoms with van der Waals surface area (Å²) in [6.07, 6.45) is 3.11. The van der Waals surface area contributed by atoms with Crippen molar-refractivity contribution in [3.63, 3.8) is 0 Å². The Bertz CT molecular complexity index is 1060. The second-order valence-electron chi connectivity index (χ2n) is 6.17. The van der Waals surface area contributed by atoms with Gasteiger partial charge in [0.05, 0.1) is 14.2 Å². The van der Waals surface area contributed by atoms with Gasteiger partial charge in [0.15, 0.2) is 5.78 Å². The molecule has 0 N–H and O–H groups in total. The first-order chi connectivity index (χ1) is 14.5. The molecule has 0 unspecified atom stereocenters. The molecule has 6 heteroatoms.